The van der Waals surface area contributed by atoms with Crippen molar-refractivity contribution in [3.05, 3.63) is 54.0 Å². The van der Waals surface area contributed by atoms with Crippen molar-refractivity contribution in [2.45, 2.75) is 6.10 Å². The Kier molecular flexibility index (Phi) is 4.95. The number of rotatable bonds is 6. The van der Waals surface area contributed by atoms with Crippen LogP contribution in [0.5, 0.6) is 5.75 Å². The maximum absolute atomic E-state index is 10.9. The van der Waals surface area contributed by atoms with Gasteiger partial charge < -0.3 is 19.0 Å². The van der Waals surface area contributed by atoms with Crippen molar-refractivity contribution < 1.29 is 23.8 Å². The third kappa shape index (κ3) is 4.12. The lowest BCUT2D eigenvalue weighted by molar-refractivity contribution is -0.0426. The van der Waals surface area contributed by atoms with Crippen LogP contribution in [-0.2, 0) is 4.74 Å². The van der Waals surface area contributed by atoms with E-state index in [4.69, 9.17) is 19.0 Å². The minimum atomic E-state index is -0.954. The van der Waals surface area contributed by atoms with Crippen molar-refractivity contribution >= 4 is 5.97 Å². The number of benzene rings is 1. The molecule has 0 bridgehead atoms. The summed E-state index contributed by atoms with van der Waals surface area (Å²) in [4.78, 5) is 13.2. The van der Waals surface area contributed by atoms with Gasteiger partial charge in [0.15, 0.2) is 0 Å². The van der Waals surface area contributed by atoms with E-state index in [0.29, 0.717) is 19.0 Å². The van der Waals surface area contributed by atoms with Crippen molar-refractivity contribution in [3.8, 4) is 5.75 Å². The van der Waals surface area contributed by atoms with Gasteiger partial charge in [-0.25, -0.2) is 4.79 Å². The zero-order chi connectivity index (χ0) is 16.1. The average molecular weight is 317 g/mol. The van der Waals surface area contributed by atoms with E-state index in [-0.39, 0.29) is 11.7 Å². The van der Waals surface area contributed by atoms with Gasteiger partial charge in [0.25, 0.3) is 0 Å². The highest BCUT2D eigenvalue weighted by Gasteiger charge is 2.23. The summed E-state index contributed by atoms with van der Waals surface area (Å²) >= 11 is 0. The van der Waals surface area contributed by atoms with Crippen molar-refractivity contribution in [2.24, 2.45) is 0 Å². The molecule has 1 aromatic heterocycles. The minimum Gasteiger partial charge on any atom is -0.492 e. The van der Waals surface area contributed by atoms with E-state index in [1.807, 2.05) is 12.1 Å². The highest BCUT2D eigenvalue weighted by Crippen LogP contribution is 2.22. The molecule has 2 aromatic rings. The van der Waals surface area contributed by atoms with Crippen LogP contribution >= 0.6 is 0 Å². The molecule has 0 aliphatic carbocycles. The molecule has 0 spiro atoms. The molecule has 1 atom stereocenters. The standard InChI is InChI=1S/C17H19NO5/c19-17(20)13-3-1-4-14(11-13)21-9-6-18-7-10-23-16(12-18)15-5-2-8-22-15/h1-5,8,11,16H,6-7,9-10,12H2,(H,19,20). The quantitative estimate of drug-likeness (QED) is 0.882. The molecule has 0 amide bonds. The van der Waals surface area contributed by atoms with E-state index < -0.39 is 5.97 Å². The fourth-order valence-electron chi connectivity index (χ4n) is 2.56. The number of carbonyl (C=O) groups is 1. The number of nitrogens with zero attached hydrogens (tertiary/aromatic N) is 1. The van der Waals surface area contributed by atoms with Crippen LogP contribution in [0.1, 0.15) is 22.2 Å². The van der Waals surface area contributed by atoms with Gasteiger partial charge in [0.1, 0.15) is 24.2 Å². The Labute approximate surface area is 134 Å². The highest BCUT2D eigenvalue weighted by molar-refractivity contribution is 5.87. The van der Waals surface area contributed by atoms with Gasteiger partial charge in [-0.15, -0.1) is 0 Å². The summed E-state index contributed by atoms with van der Waals surface area (Å²) in [7, 11) is 0. The number of morpholine rings is 1. The van der Waals surface area contributed by atoms with E-state index in [1.165, 1.54) is 6.07 Å². The highest BCUT2D eigenvalue weighted by atomic mass is 16.5. The van der Waals surface area contributed by atoms with Crippen LogP contribution in [0.3, 0.4) is 0 Å². The summed E-state index contributed by atoms with van der Waals surface area (Å²) in [6, 6.07) is 10.3. The smallest absolute Gasteiger partial charge is 0.335 e. The fraction of sp³-hybridized carbons (Fsp3) is 0.353. The zero-order valence-electron chi connectivity index (χ0n) is 12.7. The first-order valence-electron chi connectivity index (χ1n) is 7.56. The molecule has 1 aliphatic rings. The van der Waals surface area contributed by atoms with E-state index >= 15 is 0 Å². The Morgan fingerprint density at radius 3 is 3.04 bits per heavy atom. The zero-order valence-corrected chi connectivity index (χ0v) is 12.7. The van der Waals surface area contributed by atoms with Gasteiger partial charge in [0, 0.05) is 19.6 Å². The predicted molar refractivity (Wildman–Crippen MR) is 82.7 cm³/mol. The first-order valence-corrected chi connectivity index (χ1v) is 7.56. The fourth-order valence-corrected chi connectivity index (χ4v) is 2.56. The number of furan rings is 1. The van der Waals surface area contributed by atoms with Crippen LogP contribution in [0.25, 0.3) is 0 Å². The Hall–Kier alpha value is -2.31. The lowest BCUT2D eigenvalue weighted by Gasteiger charge is -2.31. The summed E-state index contributed by atoms with van der Waals surface area (Å²) < 4.78 is 16.8. The maximum Gasteiger partial charge on any atom is 0.335 e. The second kappa shape index (κ2) is 7.30. The molecule has 1 aromatic carbocycles. The largest absolute Gasteiger partial charge is 0.492 e. The lowest BCUT2D eigenvalue weighted by Crippen LogP contribution is -2.40. The van der Waals surface area contributed by atoms with Crippen molar-refractivity contribution in [2.75, 3.05) is 32.8 Å². The van der Waals surface area contributed by atoms with Gasteiger partial charge in [-0.3, -0.25) is 4.90 Å². The van der Waals surface area contributed by atoms with Gasteiger partial charge in [-0.05, 0) is 30.3 Å². The molecule has 3 rings (SSSR count). The number of hydrogen-bond donors (Lipinski definition) is 1. The molecule has 0 saturated carbocycles. The van der Waals surface area contributed by atoms with Crippen molar-refractivity contribution in [1.82, 2.24) is 4.90 Å². The number of carboxylic acid groups (broad SMARTS) is 1. The average Bonchev–Trinajstić information content (AvgIpc) is 3.10. The topological polar surface area (TPSA) is 72.1 Å². The van der Waals surface area contributed by atoms with Crippen LogP contribution in [0.4, 0.5) is 0 Å². The molecule has 1 fully saturated rings. The van der Waals surface area contributed by atoms with Gasteiger partial charge in [0.2, 0.25) is 0 Å². The third-order valence-corrected chi connectivity index (χ3v) is 3.77. The number of hydrogen-bond acceptors (Lipinski definition) is 5. The lowest BCUT2D eigenvalue weighted by atomic mass is 10.2. The Morgan fingerprint density at radius 2 is 2.26 bits per heavy atom. The van der Waals surface area contributed by atoms with E-state index in [2.05, 4.69) is 4.90 Å². The van der Waals surface area contributed by atoms with Crippen molar-refractivity contribution in [3.63, 3.8) is 0 Å². The minimum absolute atomic E-state index is 0.0471. The summed E-state index contributed by atoms with van der Waals surface area (Å²) in [5, 5.41) is 8.97. The van der Waals surface area contributed by atoms with Crippen molar-refractivity contribution in [1.29, 1.82) is 0 Å². The normalized spacial score (nSPS) is 18.7. The summed E-state index contributed by atoms with van der Waals surface area (Å²) in [5.41, 5.74) is 0.228. The molecule has 6 nitrogen and oxygen atoms in total. The molecular weight excluding hydrogens is 298 g/mol. The molecule has 0 radical (unpaired) electrons. The second-order valence-corrected chi connectivity index (χ2v) is 5.36. The Balaban J connectivity index is 1.48. The van der Waals surface area contributed by atoms with Gasteiger partial charge in [-0.1, -0.05) is 6.07 Å². The SMILES string of the molecule is O=C(O)c1cccc(OCCN2CCOC(c3ccco3)C2)c1. The molecule has 1 aliphatic heterocycles. The molecule has 23 heavy (non-hydrogen) atoms. The number of carboxylic acids is 1. The summed E-state index contributed by atoms with van der Waals surface area (Å²) in [6.07, 6.45) is 1.60. The van der Waals surface area contributed by atoms with E-state index in [0.717, 1.165) is 25.4 Å². The Morgan fingerprint density at radius 1 is 1.35 bits per heavy atom. The Bertz CT molecular complexity index is 640. The van der Waals surface area contributed by atoms with E-state index in [1.54, 1.807) is 24.5 Å². The molecule has 6 heteroatoms. The first kappa shape index (κ1) is 15.6. The second-order valence-electron chi connectivity index (χ2n) is 5.36. The molecule has 1 N–H and O–H groups in total. The molecule has 1 saturated heterocycles. The van der Waals surface area contributed by atoms with Gasteiger partial charge in [-0.2, -0.15) is 0 Å². The maximum atomic E-state index is 10.9. The number of ether oxygens (including phenoxy) is 2. The van der Waals surface area contributed by atoms with Crippen LogP contribution in [-0.4, -0.2) is 48.8 Å². The van der Waals surface area contributed by atoms with Crippen LogP contribution < -0.4 is 4.74 Å². The van der Waals surface area contributed by atoms with Crippen LogP contribution in [0.15, 0.2) is 47.1 Å². The molecule has 122 valence electrons. The molecular formula is C17H19NO5. The third-order valence-electron chi connectivity index (χ3n) is 3.77. The predicted octanol–water partition coefficient (Wildman–Crippen LogP) is 2.43. The van der Waals surface area contributed by atoms with Crippen LogP contribution in [0, 0.1) is 0 Å². The van der Waals surface area contributed by atoms with Crippen LogP contribution in [0.2, 0.25) is 0 Å². The summed E-state index contributed by atoms with van der Waals surface area (Å²) in [5.74, 6) is 0.454. The van der Waals surface area contributed by atoms with Gasteiger partial charge in [0.05, 0.1) is 18.4 Å². The molecule has 2 heterocycles. The van der Waals surface area contributed by atoms with Gasteiger partial charge >= 0.3 is 5.97 Å². The molecule has 1 unspecified atom stereocenters. The number of aromatic carboxylic acids is 1. The monoisotopic (exact) mass is 317 g/mol. The van der Waals surface area contributed by atoms with E-state index in [9.17, 15) is 4.79 Å². The first-order chi connectivity index (χ1) is 11.2. The summed E-state index contributed by atoms with van der Waals surface area (Å²) in [6.45, 7) is 3.49.